The highest BCUT2D eigenvalue weighted by molar-refractivity contribution is 7.47. The molecule has 0 heterocycles. The Morgan fingerprint density at radius 1 is 0.452 bits per heavy atom. The summed E-state index contributed by atoms with van der Waals surface area (Å²) in [5, 5.41) is 14.0. The lowest BCUT2D eigenvalue weighted by Gasteiger charge is -2.25. The molecule has 434 valence electrons. The number of hydrogen-bond donors (Lipinski definition) is 3. The van der Waals surface area contributed by atoms with Gasteiger partial charge in [-0.2, -0.15) is 0 Å². The van der Waals surface area contributed by atoms with Crippen molar-refractivity contribution in [1.29, 1.82) is 0 Å². The third kappa shape index (κ3) is 58.5. The monoisotopic (exact) mass is 1050 g/mol. The number of hydrogen-bond acceptors (Lipinski definition) is 5. The third-order valence-corrected chi connectivity index (χ3v) is 15.9. The van der Waals surface area contributed by atoms with Crippen molar-refractivity contribution >= 4 is 13.7 Å². The molecule has 0 saturated heterocycles. The quantitative estimate of drug-likeness (QED) is 0.0243. The molecule has 0 aromatic heterocycles. The molecule has 3 N–H and O–H groups in total. The Hall–Kier alpha value is -1.02. The molecule has 0 fully saturated rings. The van der Waals surface area contributed by atoms with Gasteiger partial charge in [0, 0.05) is 6.42 Å². The van der Waals surface area contributed by atoms with Gasteiger partial charge in [-0.3, -0.25) is 13.8 Å². The molecule has 0 aromatic carbocycles. The topological polar surface area (TPSA) is 105 Å². The van der Waals surface area contributed by atoms with E-state index in [0.717, 1.165) is 38.5 Å². The van der Waals surface area contributed by atoms with Crippen molar-refractivity contribution in [3.63, 3.8) is 0 Å². The summed E-state index contributed by atoms with van der Waals surface area (Å²) >= 11 is 0. The highest BCUT2D eigenvalue weighted by Gasteiger charge is 2.27. The minimum absolute atomic E-state index is 0.0590. The Morgan fingerprint density at radius 3 is 1.10 bits per heavy atom. The molecule has 0 radical (unpaired) electrons. The smallest absolute Gasteiger partial charge is 0.387 e. The van der Waals surface area contributed by atoms with Gasteiger partial charge in [-0.1, -0.05) is 314 Å². The molecule has 3 atom stereocenters. The van der Waals surface area contributed by atoms with Crippen LogP contribution in [-0.2, 0) is 18.4 Å². The van der Waals surface area contributed by atoms with Gasteiger partial charge >= 0.3 is 7.82 Å². The molecule has 9 heteroatoms. The van der Waals surface area contributed by atoms with Crippen LogP contribution in [-0.4, -0.2) is 73.4 Å². The van der Waals surface area contributed by atoms with Crippen molar-refractivity contribution in [2.75, 3.05) is 40.9 Å². The van der Waals surface area contributed by atoms with Crippen molar-refractivity contribution in [3.8, 4) is 0 Å². The Kier molecular flexibility index (Phi) is 54.9. The van der Waals surface area contributed by atoms with E-state index in [1.54, 1.807) is 6.08 Å². The Balaban J connectivity index is 4.13. The molecule has 0 aliphatic rings. The molecule has 0 spiro atoms. The predicted octanol–water partition coefficient (Wildman–Crippen LogP) is 19.9. The van der Waals surface area contributed by atoms with E-state index in [0.29, 0.717) is 17.4 Å². The number of allylic oxidation sites excluding steroid dienone is 3. The van der Waals surface area contributed by atoms with Crippen LogP contribution in [0.1, 0.15) is 328 Å². The lowest BCUT2D eigenvalue weighted by Crippen LogP contribution is -2.45. The van der Waals surface area contributed by atoms with Gasteiger partial charge in [0.25, 0.3) is 0 Å². The molecule has 0 rings (SSSR count). The van der Waals surface area contributed by atoms with Gasteiger partial charge in [0.15, 0.2) is 0 Å². The van der Waals surface area contributed by atoms with Crippen LogP contribution in [0.3, 0.4) is 0 Å². The van der Waals surface area contributed by atoms with Gasteiger partial charge in [0.05, 0.1) is 39.9 Å². The number of quaternary nitrogens is 1. The molecule has 8 nitrogen and oxygen atoms in total. The summed E-state index contributed by atoms with van der Waals surface area (Å²) in [6.07, 6.45) is 71.7. The SMILES string of the molecule is CCCCCCCCCCCCCCCCCCCCCCCCC/C=C/CC/C=C/C(O)C(COP(=O)(O)OCC[N+](C)(C)C)NC(=O)CCCCCCCCCCCCCCCCCCCCCCCC. The molecule has 0 aliphatic heterocycles. The number of aliphatic hydroxyl groups is 1. The molecule has 0 saturated carbocycles. The summed E-state index contributed by atoms with van der Waals surface area (Å²) in [5.74, 6) is -0.179. The Labute approximate surface area is 455 Å². The number of unbranched alkanes of at least 4 members (excludes halogenated alkanes) is 45. The molecular weight excluding hydrogens is 924 g/mol. The van der Waals surface area contributed by atoms with Crippen LogP contribution in [0.25, 0.3) is 0 Å². The molecule has 1 amide bonds. The largest absolute Gasteiger partial charge is 0.472 e. The van der Waals surface area contributed by atoms with Crippen molar-refractivity contribution < 1.29 is 32.9 Å². The van der Waals surface area contributed by atoms with Crippen molar-refractivity contribution in [2.45, 2.75) is 341 Å². The third-order valence-electron chi connectivity index (χ3n) is 14.9. The highest BCUT2D eigenvalue weighted by Crippen LogP contribution is 2.43. The number of amides is 1. The van der Waals surface area contributed by atoms with E-state index in [2.05, 4.69) is 31.3 Å². The second kappa shape index (κ2) is 55.7. The summed E-state index contributed by atoms with van der Waals surface area (Å²) in [7, 11) is 1.57. The van der Waals surface area contributed by atoms with Crippen LogP contribution >= 0.6 is 7.82 Å². The van der Waals surface area contributed by atoms with Crippen LogP contribution in [0.5, 0.6) is 0 Å². The van der Waals surface area contributed by atoms with Crippen LogP contribution in [0.2, 0.25) is 0 Å². The van der Waals surface area contributed by atoms with E-state index in [-0.39, 0.29) is 19.1 Å². The standard InChI is InChI=1S/C64H127N2O6P/c1-6-8-10-12-14-16-18-20-22-24-26-28-30-31-32-33-34-35-36-37-39-41-43-45-47-49-51-53-55-57-63(67)62(61-72-73(69,70)71-60-59-66(3,4)5)65-64(68)58-56-54-52-50-48-46-44-42-40-38-29-27-25-23-21-19-17-15-13-11-9-7-2/h47,49,55,57,62-63,67H,6-46,48,50-54,56,58-61H2,1-5H3,(H-,65,68,69,70)/p+1/b49-47+,57-55+. The van der Waals surface area contributed by atoms with Crippen molar-refractivity contribution in [1.82, 2.24) is 5.32 Å². The predicted molar refractivity (Wildman–Crippen MR) is 318 cm³/mol. The second-order valence-corrected chi connectivity index (χ2v) is 24.9. The van der Waals surface area contributed by atoms with Crippen LogP contribution < -0.4 is 5.32 Å². The average Bonchev–Trinajstić information content (AvgIpc) is 3.35. The Morgan fingerprint density at radius 2 is 0.753 bits per heavy atom. The first-order valence-electron chi connectivity index (χ1n) is 32.2. The molecule has 73 heavy (non-hydrogen) atoms. The number of carbonyl (C=O) groups excluding carboxylic acids is 1. The number of carbonyl (C=O) groups is 1. The number of phosphoric acid groups is 1. The summed E-state index contributed by atoms with van der Waals surface area (Å²) in [6.45, 7) is 4.85. The van der Waals surface area contributed by atoms with Gasteiger partial charge in [-0.05, 0) is 32.1 Å². The summed E-state index contributed by atoms with van der Waals surface area (Å²) in [6, 6.07) is -0.861. The molecule has 3 unspecified atom stereocenters. The first-order chi connectivity index (χ1) is 35.5. The average molecular weight is 1050 g/mol. The molecule has 0 aromatic rings. The lowest BCUT2D eigenvalue weighted by atomic mass is 10.0. The van der Waals surface area contributed by atoms with Gasteiger partial charge in [-0.25, -0.2) is 4.57 Å². The minimum atomic E-state index is -4.36. The fraction of sp³-hybridized carbons (Fsp3) is 0.922. The fourth-order valence-corrected chi connectivity index (χ4v) is 10.6. The number of aliphatic hydroxyl groups excluding tert-OH is 1. The van der Waals surface area contributed by atoms with Gasteiger partial charge in [-0.15, -0.1) is 0 Å². The summed E-state index contributed by atoms with van der Waals surface area (Å²) in [5.41, 5.74) is 0. The highest BCUT2D eigenvalue weighted by atomic mass is 31.2. The Bertz CT molecular complexity index is 1240. The maximum absolute atomic E-state index is 13.0. The van der Waals surface area contributed by atoms with Crippen molar-refractivity contribution in [3.05, 3.63) is 24.3 Å². The van der Waals surface area contributed by atoms with E-state index in [4.69, 9.17) is 9.05 Å². The number of rotatable bonds is 60. The number of phosphoric ester groups is 1. The summed E-state index contributed by atoms with van der Waals surface area (Å²) in [4.78, 5) is 23.3. The maximum Gasteiger partial charge on any atom is 0.472 e. The zero-order valence-electron chi connectivity index (χ0n) is 49.7. The van der Waals surface area contributed by atoms with Crippen LogP contribution in [0, 0.1) is 0 Å². The second-order valence-electron chi connectivity index (χ2n) is 23.5. The molecule has 0 aliphatic carbocycles. The molecular formula is C64H128N2O6P+. The normalized spacial score (nSPS) is 13.9. The zero-order chi connectivity index (χ0) is 53.5. The van der Waals surface area contributed by atoms with E-state index >= 15 is 0 Å². The number of likely N-dealkylation sites (N-methyl/N-ethyl adjacent to an activating group) is 1. The maximum atomic E-state index is 13.0. The van der Waals surface area contributed by atoms with Gasteiger partial charge in [0.2, 0.25) is 5.91 Å². The van der Waals surface area contributed by atoms with E-state index in [1.165, 1.54) is 270 Å². The van der Waals surface area contributed by atoms with E-state index in [1.807, 2.05) is 27.2 Å². The number of nitrogens with one attached hydrogen (secondary N) is 1. The zero-order valence-corrected chi connectivity index (χ0v) is 50.5. The lowest BCUT2D eigenvalue weighted by molar-refractivity contribution is -0.870. The first-order valence-corrected chi connectivity index (χ1v) is 33.7. The fourth-order valence-electron chi connectivity index (χ4n) is 9.89. The summed E-state index contributed by atoms with van der Waals surface area (Å²) < 4.78 is 23.8. The van der Waals surface area contributed by atoms with Gasteiger partial charge in [0.1, 0.15) is 13.2 Å². The van der Waals surface area contributed by atoms with Crippen molar-refractivity contribution in [2.24, 2.45) is 0 Å². The molecule has 0 bridgehead atoms. The first kappa shape index (κ1) is 72.0. The van der Waals surface area contributed by atoms with E-state index < -0.39 is 20.0 Å². The number of nitrogens with zero attached hydrogens (tertiary/aromatic N) is 1. The van der Waals surface area contributed by atoms with E-state index in [9.17, 15) is 19.4 Å². The van der Waals surface area contributed by atoms with Crippen LogP contribution in [0.15, 0.2) is 24.3 Å². The van der Waals surface area contributed by atoms with Crippen LogP contribution in [0.4, 0.5) is 0 Å². The van der Waals surface area contributed by atoms with Gasteiger partial charge < -0.3 is 19.8 Å². The minimum Gasteiger partial charge on any atom is -0.387 e.